The van der Waals surface area contributed by atoms with Crippen LogP contribution in [0.3, 0.4) is 0 Å². The molecule has 1 fully saturated rings. The van der Waals surface area contributed by atoms with Crippen molar-refractivity contribution >= 4 is 60.5 Å². The van der Waals surface area contributed by atoms with E-state index in [-0.39, 0.29) is 33.5 Å². The molecule has 0 aromatic heterocycles. The molecule has 138 valence electrons. The third-order valence-electron chi connectivity index (χ3n) is 3.63. The maximum absolute atomic E-state index is 12.5. The van der Waals surface area contributed by atoms with Gasteiger partial charge in [-0.15, -0.1) is 0 Å². The fourth-order valence-electron chi connectivity index (χ4n) is 2.41. The van der Waals surface area contributed by atoms with E-state index in [1.165, 1.54) is 42.5 Å². The summed E-state index contributed by atoms with van der Waals surface area (Å²) in [5.41, 5.74) is 0.202. The average Bonchev–Trinajstić information content (AvgIpc) is 2.84. The van der Waals surface area contributed by atoms with E-state index < -0.39 is 26.0 Å². The van der Waals surface area contributed by atoms with E-state index >= 15 is 0 Å². The lowest BCUT2D eigenvalue weighted by atomic mass is 10.3. The van der Waals surface area contributed by atoms with E-state index in [4.69, 9.17) is 23.2 Å². The largest absolute Gasteiger partial charge is 0.278 e. The van der Waals surface area contributed by atoms with E-state index in [2.05, 4.69) is 4.72 Å². The smallest absolute Gasteiger partial charge is 0.261 e. The Morgan fingerprint density at radius 1 is 1.04 bits per heavy atom. The second-order valence-corrected chi connectivity index (χ2v) is 9.91. The van der Waals surface area contributed by atoms with Crippen LogP contribution >= 0.6 is 23.2 Å². The number of hydrogen-bond donors (Lipinski definition) is 1. The number of sulfonamides is 2. The van der Waals surface area contributed by atoms with Gasteiger partial charge in [0.2, 0.25) is 15.9 Å². The summed E-state index contributed by atoms with van der Waals surface area (Å²) in [7, 11) is -7.69. The van der Waals surface area contributed by atoms with Gasteiger partial charge in [-0.2, -0.15) is 0 Å². The van der Waals surface area contributed by atoms with Crippen LogP contribution in [0.1, 0.15) is 6.42 Å². The molecule has 2 aromatic carbocycles. The highest BCUT2D eigenvalue weighted by Gasteiger charge is 2.36. The van der Waals surface area contributed by atoms with E-state index in [0.717, 1.165) is 0 Å². The molecule has 1 N–H and O–H groups in total. The summed E-state index contributed by atoms with van der Waals surface area (Å²) in [6.45, 7) is 0. The summed E-state index contributed by atoms with van der Waals surface area (Å²) >= 11 is 11.8. The van der Waals surface area contributed by atoms with Crippen molar-refractivity contribution < 1.29 is 21.6 Å². The van der Waals surface area contributed by atoms with Crippen LogP contribution in [0.25, 0.3) is 0 Å². The first-order valence-electron chi connectivity index (χ1n) is 7.24. The third-order valence-corrected chi connectivity index (χ3v) is 7.27. The minimum Gasteiger partial charge on any atom is -0.278 e. The highest BCUT2D eigenvalue weighted by molar-refractivity contribution is 7.94. The molecule has 0 atom stereocenters. The fourth-order valence-corrected chi connectivity index (χ4v) is 5.33. The van der Waals surface area contributed by atoms with Gasteiger partial charge >= 0.3 is 0 Å². The van der Waals surface area contributed by atoms with Gasteiger partial charge in [-0.3, -0.25) is 9.52 Å². The van der Waals surface area contributed by atoms with Crippen molar-refractivity contribution in [1.82, 2.24) is 0 Å². The maximum atomic E-state index is 12.5. The summed E-state index contributed by atoms with van der Waals surface area (Å²) in [6.07, 6.45) is -0.1000. The predicted molar refractivity (Wildman–Crippen MR) is 99.6 cm³/mol. The number of rotatable bonds is 4. The lowest BCUT2D eigenvalue weighted by Gasteiger charge is -2.15. The number of halogens is 2. The first-order chi connectivity index (χ1) is 12.1. The fraction of sp³-hybridized carbons (Fsp3) is 0.133. The molecule has 0 aliphatic carbocycles. The number of nitrogens with zero attached hydrogens (tertiary/aromatic N) is 1. The minimum absolute atomic E-state index is 0.0900. The molecule has 7 nitrogen and oxygen atoms in total. The third kappa shape index (κ3) is 3.66. The summed E-state index contributed by atoms with van der Waals surface area (Å²) in [6, 6.07) is 9.27. The van der Waals surface area contributed by atoms with Crippen molar-refractivity contribution in [2.75, 3.05) is 14.8 Å². The molecule has 0 saturated carbocycles. The first-order valence-corrected chi connectivity index (χ1v) is 11.1. The summed E-state index contributed by atoms with van der Waals surface area (Å²) in [5.74, 6) is -0.815. The standard InChI is InChI=1S/C15H12Cl2N2O5S2/c16-10-1-6-13(17)14(9-10)18-26(23,24)12-4-2-11(3-5-12)19-15(20)7-8-25(19,21)22/h1-6,9,18H,7-8H2. The van der Waals surface area contributed by atoms with Gasteiger partial charge in [-0.1, -0.05) is 23.2 Å². The van der Waals surface area contributed by atoms with Crippen molar-refractivity contribution in [2.45, 2.75) is 11.3 Å². The molecule has 1 aliphatic heterocycles. The summed E-state index contributed by atoms with van der Waals surface area (Å²) in [4.78, 5) is 11.6. The molecule has 2 aromatic rings. The van der Waals surface area contributed by atoms with Gasteiger partial charge < -0.3 is 0 Å². The van der Waals surface area contributed by atoms with E-state index in [9.17, 15) is 21.6 Å². The number of benzene rings is 2. The number of nitrogens with one attached hydrogen (secondary N) is 1. The number of hydrogen-bond acceptors (Lipinski definition) is 5. The van der Waals surface area contributed by atoms with Crippen molar-refractivity contribution in [3.63, 3.8) is 0 Å². The van der Waals surface area contributed by atoms with Gasteiger partial charge in [0, 0.05) is 11.4 Å². The van der Waals surface area contributed by atoms with Crippen LogP contribution in [0.2, 0.25) is 10.0 Å². The number of carbonyl (C=O) groups is 1. The Hall–Kier alpha value is -1.81. The van der Waals surface area contributed by atoms with E-state index in [1.54, 1.807) is 0 Å². The Morgan fingerprint density at radius 2 is 1.69 bits per heavy atom. The lowest BCUT2D eigenvalue weighted by molar-refractivity contribution is -0.116. The lowest BCUT2D eigenvalue weighted by Crippen LogP contribution is -2.29. The highest BCUT2D eigenvalue weighted by Crippen LogP contribution is 2.29. The maximum Gasteiger partial charge on any atom is 0.261 e. The Labute approximate surface area is 160 Å². The predicted octanol–water partition coefficient (Wildman–Crippen LogP) is 2.86. The monoisotopic (exact) mass is 434 g/mol. The molecule has 0 radical (unpaired) electrons. The number of anilines is 2. The molecular weight excluding hydrogens is 423 g/mol. The highest BCUT2D eigenvalue weighted by atomic mass is 35.5. The topological polar surface area (TPSA) is 101 Å². The van der Waals surface area contributed by atoms with Crippen LogP contribution in [-0.2, 0) is 24.8 Å². The van der Waals surface area contributed by atoms with Crippen LogP contribution < -0.4 is 9.03 Å². The first kappa shape index (κ1) is 19.0. The van der Waals surface area contributed by atoms with Crippen LogP contribution in [0, 0.1) is 0 Å². The Morgan fingerprint density at radius 3 is 2.27 bits per heavy atom. The van der Waals surface area contributed by atoms with Gasteiger partial charge in [0.15, 0.2) is 0 Å². The Kier molecular flexibility index (Phi) is 4.91. The van der Waals surface area contributed by atoms with Crippen molar-refractivity contribution in [3.8, 4) is 0 Å². The van der Waals surface area contributed by atoms with Gasteiger partial charge in [0.05, 0.1) is 27.0 Å². The SMILES string of the molecule is O=C1CCS(=O)(=O)N1c1ccc(S(=O)(=O)Nc2cc(Cl)ccc2Cl)cc1. The molecule has 1 heterocycles. The van der Waals surface area contributed by atoms with E-state index in [0.29, 0.717) is 9.33 Å². The van der Waals surface area contributed by atoms with Gasteiger partial charge in [0.1, 0.15) is 0 Å². The summed E-state index contributed by atoms with van der Waals surface area (Å²) < 4.78 is 51.8. The zero-order valence-electron chi connectivity index (χ0n) is 13.0. The molecule has 3 rings (SSSR count). The molecule has 11 heteroatoms. The molecule has 0 bridgehead atoms. The van der Waals surface area contributed by atoms with E-state index in [1.807, 2.05) is 0 Å². The van der Waals surface area contributed by atoms with Gasteiger partial charge in [-0.25, -0.2) is 21.1 Å². The Balaban J connectivity index is 1.90. The molecule has 1 aliphatic rings. The van der Waals surface area contributed by atoms with Gasteiger partial charge in [-0.05, 0) is 42.5 Å². The Bertz CT molecular complexity index is 1080. The average molecular weight is 435 g/mol. The number of amides is 1. The quantitative estimate of drug-likeness (QED) is 0.796. The van der Waals surface area contributed by atoms with Crippen LogP contribution in [0.15, 0.2) is 47.4 Å². The van der Waals surface area contributed by atoms with Crippen LogP contribution in [-0.4, -0.2) is 28.5 Å². The van der Waals surface area contributed by atoms with Crippen molar-refractivity contribution in [1.29, 1.82) is 0 Å². The molecule has 0 unspecified atom stereocenters. The second-order valence-electron chi connectivity index (χ2n) is 5.45. The van der Waals surface area contributed by atoms with Crippen molar-refractivity contribution in [3.05, 3.63) is 52.5 Å². The second kappa shape index (κ2) is 6.73. The number of carbonyl (C=O) groups excluding carboxylic acids is 1. The normalized spacial score (nSPS) is 16.7. The molecular formula is C15H12Cl2N2O5S2. The summed E-state index contributed by atoms with van der Waals surface area (Å²) in [5, 5.41) is 0.476. The minimum atomic E-state index is -3.98. The molecule has 1 amide bonds. The molecule has 1 saturated heterocycles. The molecule has 0 spiro atoms. The zero-order chi connectivity index (χ0) is 19.1. The van der Waals surface area contributed by atoms with Crippen LogP contribution in [0.4, 0.5) is 11.4 Å². The van der Waals surface area contributed by atoms with Gasteiger partial charge in [0.25, 0.3) is 10.0 Å². The van der Waals surface area contributed by atoms with Crippen molar-refractivity contribution in [2.24, 2.45) is 0 Å². The van der Waals surface area contributed by atoms with Crippen LogP contribution in [0.5, 0.6) is 0 Å². The zero-order valence-corrected chi connectivity index (χ0v) is 16.2. The molecule has 26 heavy (non-hydrogen) atoms.